The monoisotopic (exact) mass is 281 g/mol. The Labute approximate surface area is 120 Å². The van der Waals surface area contributed by atoms with Crippen LogP contribution < -0.4 is 9.47 Å². The number of rotatable bonds is 5. The summed E-state index contributed by atoms with van der Waals surface area (Å²) in [5.74, 6) is 1.31. The summed E-state index contributed by atoms with van der Waals surface area (Å²) in [4.78, 5) is 2.24. The first-order valence-corrected chi connectivity index (χ1v) is 6.87. The molecule has 2 unspecified atom stereocenters. The van der Waals surface area contributed by atoms with Gasteiger partial charge in [0.2, 0.25) is 0 Å². The molecule has 1 aromatic carbocycles. The van der Waals surface area contributed by atoms with Crippen LogP contribution in [-0.2, 0) is 4.74 Å². The van der Waals surface area contributed by atoms with Gasteiger partial charge in [0.1, 0.15) is 0 Å². The zero-order chi connectivity index (χ0) is 14.5. The number of nitrogens with zero attached hydrogens (tertiary/aromatic N) is 1. The highest BCUT2D eigenvalue weighted by Crippen LogP contribution is 2.30. The van der Waals surface area contributed by atoms with Gasteiger partial charge in [0, 0.05) is 19.1 Å². The fourth-order valence-electron chi connectivity index (χ4n) is 2.42. The summed E-state index contributed by atoms with van der Waals surface area (Å²) in [7, 11) is 3.20. The second-order valence-electron chi connectivity index (χ2n) is 5.05. The molecule has 0 spiro atoms. The Bertz CT molecular complexity index is 438. The third-order valence-electron chi connectivity index (χ3n) is 3.71. The standard InChI is InChI=1S/C15H23NO4/c1-11-10-20-7-6-16(11)9-13(17)12-4-5-14(18-2)15(8-12)19-3/h4-5,8,11,13,17H,6-7,9-10H2,1-3H3. The summed E-state index contributed by atoms with van der Waals surface area (Å²) < 4.78 is 15.9. The van der Waals surface area contributed by atoms with Crippen LogP contribution in [0, 0.1) is 0 Å². The van der Waals surface area contributed by atoms with E-state index in [4.69, 9.17) is 14.2 Å². The molecule has 5 heteroatoms. The lowest BCUT2D eigenvalue weighted by molar-refractivity contribution is -0.0203. The molecular weight excluding hydrogens is 258 g/mol. The normalized spacial score (nSPS) is 21.5. The van der Waals surface area contributed by atoms with Gasteiger partial charge in [0.05, 0.1) is 33.5 Å². The average molecular weight is 281 g/mol. The van der Waals surface area contributed by atoms with Gasteiger partial charge in [0.15, 0.2) is 11.5 Å². The number of ether oxygens (including phenoxy) is 3. The van der Waals surface area contributed by atoms with Crippen molar-refractivity contribution >= 4 is 0 Å². The summed E-state index contributed by atoms with van der Waals surface area (Å²) in [5.41, 5.74) is 0.835. The van der Waals surface area contributed by atoms with Gasteiger partial charge in [-0.2, -0.15) is 0 Å². The van der Waals surface area contributed by atoms with E-state index < -0.39 is 6.10 Å². The van der Waals surface area contributed by atoms with E-state index in [0.717, 1.165) is 25.3 Å². The number of β-amino-alcohol motifs (C(OH)–C–C–N with tert-alkyl or cyclic N) is 1. The summed E-state index contributed by atoms with van der Waals surface area (Å²) in [5, 5.41) is 10.4. The molecule has 0 bridgehead atoms. The summed E-state index contributed by atoms with van der Waals surface area (Å²) >= 11 is 0. The van der Waals surface area contributed by atoms with Crippen molar-refractivity contribution in [2.75, 3.05) is 40.5 Å². The molecular formula is C15H23NO4. The van der Waals surface area contributed by atoms with E-state index in [1.54, 1.807) is 14.2 Å². The molecule has 5 nitrogen and oxygen atoms in total. The number of hydrogen-bond donors (Lipinski definition) is 1. The molecule has 1 saturated heterocycles. The van der Waals surface area contributed by atoms with Crippen LogP contribution in [0.4, 0.5) is 0 Å². The average Bonchev–Trinajstić information content (AvgIpc) is 2.48. The molecule has 1 heterocycles. The maximum Gasteiger partial charge on any atom is 0.161 e. The third kappa shape index (κ3) is 3.42. The van der Waals surface area contributed by atoms with Gasteiger partial charge in [-0.25, -0.2) is 0 Å². The molecule has 2 atom stereocenters. The van der Waals surface area contributed by atoms with Crippen molar-refractivity contribution < 1.29 is 19.3 Å². The van der Waals surface area contributed by atoms with Gasteiger partial charge in [0.25, 0.3) is 0 Å². The minimum atomic E-state index is -0.546. The SMILES string of the molecule is COc1ccc(C(O)CN2CCOCC2C)cc1OC. The second-order valence-corrected chi connectivity index (χ2v) is 5.05. The fraction of sp³-hybridized carbons (Fsp3) is 0.600. The van der Waals surface area contributed by atoms with Crippen molar-refractivity contribution in [1.82, 2.24) is 4.90 Å². The minimum Gasteiger partial charge on any atom is -0.493 e. The van der Waals surface area contributed by atoms with E-state index in [-0.39, 0.29) is 0 Å². The van der Waals surface area contributed by atoms with Gasteiger partial charge < -0.3 is 19.3 Å². The highest BCUT2D eigenvalue weighted by molar-refractivity contribution is 5.43. The minimum absolute atomic E-state index is 0.332. The van der Waals surface area contributed by atoms with Gasteiger partial charge in [-0.05, 0) is 24.6 Å². The Hall–Kier alpha value is -1.30. The molecule has 112 valence electrons. The van der Waals surface area contributed by atoms with Crippen molar-refractivity contribution in [3.05, 3.63) is 23.8 Å². The van der Waals surface area contributed by atoms with E-state index in [1.807, 2.05) is 18.2 Å². The van der Waals surface area contributed by atoms with E-state index in [1.165, 1.54) is 0 Å². The lowest BCUT2D eigenvalue weighted by atomic mass is 10.1. The number of hydrogen-bond acceptors (Lipinski definition) is 5. The molecule has 0 amide bonds. The van der Waals surface area contributed by atoms with Gasteiger partial charge in [-0.3, -0.25) is 4.90 Å². The lowest BCUT2D eigenvalue weighted by Gasteiger charge is -2.34. The molecule has 20 heavy (non-hydrogen) atoms. The zero-order valence-electron chi connectivity index (χ0n) is 12.3. The van der Waals surface area contributed by atoms with Crippen molar-refractivity contribution in [2.45, 2.75) is 19.1 Å². The predicted octanol–water partition coefficient (Wildman–Crippen LogP) is 1.46. The molecule has 0 aromatic heterocycles. The molecule has 1 N–H and O–H groups in total. The second kappa shape index (κ2) is 6.92. The van der Waals surface area contributed by atoms with E-state index in [9.17, 15) is 5.11 Å². The van der Waals surface area contributed by atoms with Crippen molar-refractivity contribution in [3.8, 4) is 11.5 Å². The van der Waals surface area contributed by atoms with Gasteiger partial charge in [-0.15, -0.1) is 0 Å². The van der Waals surface area contributed by atoms with E-state index in [2.05, 4.69) is 11.8 Å². The van der Waals surface area contributed by atoms with Crippen LogP contribution in [0.5, 0.6) is 11.5 Å². The van der Waals surface area contributed by atoms with E-state index in [0.29, 0.717) is 24.1 Å². The number of methoxy groups -OCH3 is 2. The van der Waals surface area contributed by atoms with Crippen LogP contribution >= 0.6 is 0 Å². The Morgan fingerprint density at radius 2 is 2.10 bits per heavy atom. The Morgan fingerprint density at radius 1 is 1.35 bits per heavy atom. The smallest absolute Gasteiger partial charge is 0.161 e. The highest BCUT2D eigenvalue weighted by Gasteiger charge is 2.22. The van der Waals surface area contributed by atoms with Crippen LogP contribution in [-0.4, -0.2) is 56.6 Å². The largest absolute Gasteiger partial charge is 0.493 e. The van der Waals surface area contributed by atoms with Crippen molar-refractivity contribution in [1.29, 1.82) is 0 Å². The molecule has 1 aromatic rings. The van der Waals surface area contributed by atoms with Crippen LogP contribution in [0.1, 0.15) is 18.6 Å². The molecule has 0 radical (unpaired) electrons. The number of benzene rings is 1. The Balaban J connectivity index is 2.06. The molecule has 0 aliphatic carbocycles. The topological polar surface area (TPSA) is 51.2 Å². The number of morpholine rings is 1. The highest BCUT2D eigenvalue weighted by atomic mass is 16.5. The van der Waals surface area contributed by atoms with Crippen LogP contribution in [0.2, 0.25) is 0 Å². The summed E-state index contributed by atoms with van der Waals surface area (Å²) in [6.07, 6.45) is -0.546. The first kappa shape index (κ1) is 15.1. The van der Waals surface area contributed by atoms with Crippen molar-refractivity contribution in [2.24, 2.45) is 0 Å². The molecule has 1 aliphatic rings. The number of aliphatic hydroxyl groups excluding tert-OH is 1. The third-order valence-corrected chi connectivity index (χ3v) is 3.71. The van der Waals surface area contributed by atoms with E-state index >= 15 is 0 Å². The van der Waals surface area contributed by atoms with Crippen LogP contribution in [0.15, 0.2) is 18.2 Å². The first-order valence-electron chi connectivity index (χ1n) is 6.87. The molecule has 1 fully saturated rings. The molecule has 2 rings (SSSR count). The van der Waals surface area contributed by atoms with Crippen molar-refractivity contribution in [3.63, 3.8) is 0 Å². The zero-order valence-corrected chi connectivity index (χ0v) is 12.3. The first-order chi connectivity index (χ1) is 9.65. The van der Waals surface area contributed by atoms with Crippen LogP contribution in [0.3, 0.4) is 0 Å². The Morgan fingerprint density at radius 3 is 2.75 bits per heavy atom. The van der Waals surface area contributed by atoms with Crippen LogP contribution in [0.25, 0.3) is 0 Å². The quantitative estimate of drug-likeness (QED) is 0.885. The fourth-order valence-corrected chi connectivity index (χ4v) is 2.42. The number of aliphatic hydroxyl groups is 1. The maximum absolute atomic E-state index is 10.4. The molecule has 0 saturated carbocycles. The maximum atomic E-state index is 10.4. The lowest BCUT2D eigenvalue weighted by Crippen LogP contribution is -2.45. The summed E-state index contributed by atoms with van der Waals surface area (Å²) in [6.45, 7) is 5.01. The van der Waals surface area contributed by atoms with Gasteiger partial charge >= 0.3 is 0 Å². The molecule has 1 aliphatic heterocycles. The predicted molar refractivity (Wildman–Crippen MR) is 76.4 cm³/mol. The Kier molecular flexibility index (Phi) is 5.23. The van der Waals surface area contributed by atoms with Gasteiger partial charge in [-0.1, -0.05) is 6.07 Å². The summed E-state index contributed by atoms with van der Waals surface area (Å²) in [6, 6.07) is 5.85.